The van der Waals surface area contributed by atoms with Crippen molar-refractivity contribution >= 4 is 10.9 Å². The van der Waals surface area contributed by atoms with Gasteiger partial charge >= 0.3 is 0 Å². The number of rotatable bonds is 6. The first-order valence-electron chi connectivity index (χ1n) is 10.6. The van der Waals surface area contributed by atoms with E-state index < -0.39 is 11.7 Å². The fourth-order valence-electron chi connectivity index (χ4n) is 4.26. The largest absolute Gasteiger partial charge is 0.485 e. The van der Waals surface area contributed by atoms with Gasteiger partial charge in [0, 0.05) is 10.9 Å². The van der Waals surface area contributed by atoms with Crippen molar-refractivity contribution < 1.29 is 14.9 Å². The Bertz CT molecular complexity index is 1030. The molecule has 0 amide bonds. The summed E-state index contributed by atoms with van der Waals surface area (Å²) in [6.07, 6.45) is 1.02. The van der Waals surface area contributed by atoms with Gasteiger partial charge in [0.15, 0.2) is 0 Å². The molecular formula is C25H30N2O3. The van der Waals surface area contributed by atoms with E-state index in [1.54, 1.807) is 0 Å². The second-order valence-electron chi connectivity index (χ2n) is 8.51. The summed E-state index contributed by atoms with van der Waals surface area (Å²) in [6, 6.07) is 16.0. The second-order valence-corrected chi connectivity index (χ2v) is 8.51. The molecule has 1 aliphatic rings. The molecule has 2 atom stereocenters. The molecule has 3 aromatic rings. The summed E-state index contributed by atoms with van der Waals surface area (Å²) in [6.45, 7) is 6.58. The first-order valence-corrected chi connectivity index (χ1v) is 10.6. The normalized spacial score (nSPS) is 20.0. The van der Waals surface area contributed by atoms with Crippen LogP contribution >= 0.6 is 0 Å². The van der Waals surface area contributed by atoms with Crippen molar-refractivity contribution in [1.82, 2.24) is 10.3 Å². The van der Waals surface area contributed by atoms with Crippen molar-refractivity contribution in [2.45, 2.75) is 58.0 Å². The molecule has 0 bridgehead atoms. The second kappa shape index (κ2) is 8.34. The van der Waals surface area contributed by atoms with Gasteiger partial charge in [-0.25, -0.2) is 0 Å². The number of aliphatic hydroxyl groups is 2. The van der Waals surface area contributed by atoms with Crippen LogP contribution in [-0.2, 0) is 19.4 Å². The third-order valence-electron chi connectivity index (χ3n) is 5.98. The Kier molecular flexibility index (Phi) is 5.78. The van der Waals surface area contributed by atoms with Gasteiger partial charge in [0.1, 0.15) is 17.5 Å². The SMILES string of the molecule is CCc1cc(CO)nc2cc3c(cc12)OC(C)(C)[C@H](O)[C@H]3NCCc1ccccc1. The van der Waals surface area contributed by atoms with Gasteiger partial charge in [0.05, 0.1) is 23.9 Å². The minimum Gasteiger partial charge on any atom is -0.485 e. The van der Waals surface area contributed by atoms with Gasteiger partial charge in [0.25, 0.3) is 0 Å². The van der Waals surface area contributed by atoms with Crippen molar-refractivity contribution in [1.29, 1.82) is 0 Å². The highest BCUT2D eigenvalue weighted by atomic mass is 16.5. The molecule has 0 saturated heterocycles. The summed E-state index contributed by atoms with van der Waals surface area (Å²) in [4.78, 5) is 4.62. The number of nitrogens with one attached hydrogen (secondary N) is 1. The Morgan fingerprint density at radius 3 is 2.60 bits per heavy atom. The lowest BCUT2D eigenvalue weighted by Gasteiger charge is -2.42. The summed E-state index contributed by atoms with van der Waals surface area (Å²) in [5.41, 5.74) is 4.06. The molecule has 5 nitrogen and oxygen atoms in total. The fourth-order valence-corrected chi connectivity index (χ4v) is 4.26. The van der Waals surface area contributed by atoms with Crippen LogP contribution < -0.4 is 10.1 Å². The van der Waals surface area contributed by atoms with Crippen molar-refractivity contribution in [2.75, 3.05) is 6.54 Å². The molecule has 3 N–H and O–H groups in total. The number of fused-ring (bicyclic) bond motifs is 2. The Morgan fingerprint density at radius 1 is 1.13 bits per heavy atom. The number of aromatic nitrogens is 1. The third-order valence-corrected chi connectivity index (χ3v) is 5.98. The summed E-state index contributed by atoms with van der Waals surface area (Å²) in [5.74, 6) is 0.781. The number of hydrogen-bond donors (Lipinski definition) is 3. The maximum atomic E-state index is 11.1. The smallest absolute Gasteiger partial charge is 0.131 e. The van der Waals surface area contributed by atoms with E-state index in [1.807, 2.05) is 50.2 Å². The molecule has 1 aliphatic heterocycles. The molecule has 0 unspecified atom stereocenters. The molecule has 2 aromatic carbocycles. The van der Waals surface area contributed by atoms with E-state index >= 15 is 0 Å². The molecule has 0 spiro atoms. The van der Waals surface area contributed by atoms with Crippen molar-refractivity contribution in [2.24, 2.45) is 0 Å². The van der Waals surface area contributed by atoms with Gasteiger partial charge in [-0.2, -0.15) is 0 Å². The maximum absolute atomic E-state index is 11.1. The number of aryl methyl sites for hydroxylation is 1. The van der Waals surface area contributed by atoms with Gasteiger partial charge in [0.2, 0.25) is 0 Å². The highest BCUT2D eigenvalue weighted by Crippen LogP contribution is 2.42. The Labute approximate surface area is 177 Å². The van der Waals surface area contributed by atoms with E-state index in [9.17, 15) is 10.2 Å². The first kappa shape index (κ1) is 20.8. The molecule has 0 radical (unpaired) electrons. The molecular weight excluding hydrogens is 376 g/mol. The van der Waals surface area contributed by atoms with Crippen LogP contribution in [0.5, 0.6) is 5.75 Å². The molecule has 0 saturated carbocycles. The zero-order valence-electron chi connectivity index (χ0n) is 17.9. The quantitative estimate of drug-likeness (QED) is 0.582. The van der Waals surface area contributed by atoms with Crippen LogP contribution in [0, 0.1) is 0 Å². The summed E-state index contributed by atoms with van der Waals surface area (Å²) in [7, 11) is 0. The van der Waals surface area contributed by atoms with Crippen LogP contribution in [-0.4, -0.2) is 33.4 Å². The van der Waals surface area contributed by atoms with E-state index in [4.69, 9.17) is 4.74 Å². The number of benzene rings is 2. The van der Waals surface area contributed by atoms with Gasteiger partial charge in [-0.1, -0.05) is 37.3 Å². The molecule has 30 heavy (non-hydrogen) atoms. The minimum absolute atomic E-state index is 0.0923. The van der Waals surface area contributed by atoms with Crippen molar-refractivity contribution in [3.8, 4) is 5.75 Å². The summed E-state index contributed by atoms with van der Waals surface area (Å²) >= 11 is 0. The van der Waals surface area contributed by atoms with Crippen LogP contribution in [0.2, 0.25) is 0 Å². The zero-order chi connectivity index (χ0) is 21.3. The summed E-state index contributed by atoms with van der Waals surface area (Å²) < 4.78 is 6.22. The molecule has 158 valence electrons. The Hall–Kier alpha value is -2.47. The van der Waals surface area contributed by atoms with Gasteiger partial charge < -0.3 is 20.3 Å². The fraction of sp³-hybridized carbons (Fsp3) is 0.400. The number of aliphatic hydroxyl groups excluding tert-OH is 2. The van der Waals surface area contributed by atoms with Crippen LogP contribution in [0.1, 0.15) is 49.2 Å². The highest BCUT2D eigenvalue weighted by Gasteiger charge is 2.43. The van der Waals surface area contributed by atoms with E-state index in [1.165, 1.54) is 5.56 Å². The maximum Gasteiger partial charge on any atom is 0.131 e. The number of ether oxygens (including phenoxy) is 1. The molecule has 1 aromatic heterocycles. The third kappa shape index (κ3) is 3.93. The van der Waals surface area contributed by atoms with Gasteiger partial charge in [-0.05, 0) is 62.6 Å². The standard InChI is InChI=1S/C25H30N2O3/c1-4-17-12-18(15-28)27-21-13-20-22(14-19(17)21)30-25(2,3)24(29)23(20)26-11-10-16-8-6-5-7-9-16/h5-9,12-14,23-24,26,28-29H,4,10-11,15H2,1-3H3/t23-,24+/m0/s1. The van der Waals surface area contributed by atoms with Crippen LogP contribution in [0.4, 0.5) is 0 Å². The number of pyridine rings is 1. The lowest BCUT2D eigenvalue weighted by atomic mass is 9.85. The highest BCUT2D eigenvalue weighted by molar-refractivity contribution is 5.85. The number of nitrogens with zero attached hydrogens (tertiary/aromatic N) is 1. The topological polar surface area (TPSA) is 74.6 Å². The van der Waals surface area contributed by atoms with Crippen molar-refractivity contribution in [3.63, 3.8) is 0 Å². The van der Waals surface area contributed by atoms with Crippen LogP contribution in [0.3, 0.4) is 0 Å². The average Bonchev–Trinajstić information content (AvgIpc) is 2.75. The van der Waals surface area contributed by atoms with Gasteiger partial charge in [-0.3, -0.25) is 4.98 Å². The lowest BCUT2D eigenvalue weighted by Crippen LogP contribution is -2.52. The van der Waals surface area contributed by atoms with E-state index in [2.05, 4.69) is 29.4 Å². The molecule has 5 heteroatoms. The number of hydrogen-bond acceptors (Lipinski definition) is 5. The summed E-state index contributed by atoms with van der Waals surface area (Å²) in [5, 5.41) is 25.2. The predicted octanol–water partition coefficient (Wildman–Crippen LogP) is 3.69. The Balaban J connectivity index is 1.71. The van der Waals surface area contributed by atoms with E-state index in [0.29, 0.717) is 5.69 Å². The zero-order valence-corrected chi connectivity index (χ0v) is 17.9. The molecule has 2 heterocycles. The predicted molar refractivity (Wildman–Crippen MR) is 119 cm³/mol. The first-order chi connectivity index (χ1) is 14.4. The lowest BCUT2D eigenvalue weighted by molar-refractivity contribution is -0.0642. The van der Waals surface area contributed by atoms with E-state index in [0.717, 1.165) is 47.2 Å². The molecule has 4 rings (SSSR count). The van der Waals surface area contributed by atoms with Crippen LogP contribution in [0.25, 0.3) is 10.9 Å². The average molecular weight is 407 g/mol. The van der Waals surface area contributed by atoms with Gasteiger partial charge in [-0.15, -0.1) is 0 Å². The van der Waals surface area contributed by atoms with Crippen LogP contribution in [0.15, 0.2) is 48.5 Å². The molecule has 0 fully saturated rings. The van der Waals surface area contributed by atoms with E-state index in [-0.39, 0.29) is 12.6 Å². The van der Waals surface area contributed by atoms with Crippen molar-refractivity contribution in [3.05, 3.63) is 70.9 Å². The monoisotopic (exact) mass is 406 g/mol. The molecule has 0 aliphatic carbocycles. The Morgan fingerprint density at radius 2 is 1.90 bits per heavy atom. The minimum atomic E-state index is -0.712.